The van der Waals surface area contributed by atoms with Gasteiger partial charge in [0.15, 0.2) is 0 Å². The average molecular weight is 263 g/mol. The summed E-state index contributed by atoms with van der Waals surface area (Å²) in [5.74, 6) is 0.00184. The van der Waals surface area contributed by atoms with Crippen LogP contribution in [0.2, 0.25) is 0 Å². The molecule has 0 bridgehead atoms. The Labute approximate surface area is 113 Å². The summed E-state index contributed by atoms with van der Waals surface area (Å²) in [6.07, 6.45) is 4.91. The van der Waals surface area contributed by atoms with Gasteiger partial charge in [-0.2, -0.15) is 0 Å². The second-order valence-corrected chi connectivity index (χ2v) is 5.00. The van der Waals surface area contributed by atoms with Crippen molar-refractivity contribution in [1.29, 1.82) is 0 Å². The number of benzene rings is 1. The molecule has 0 spiro atoms. The summed E-state index contributed by atoms with van der Waals surface area (Å²) >= 11 is 0. The molecule has 0 amide bonds. The zero-order chi connectivity index (χ0) is 13.5. The number of carbonyl (C=O) groups is 1. The molecule has 0 aliphatic carbocycles. The molecule has 1 atom stereocenters. The molecule has 1 aromatic rings. The Hall–Kier alpha value is -1.55. The van der Waals surface area contributed by atoms with Gasteiger partial charge in [-0.3, -0.25) is 4.79 Å². The van der Waals surface area contributed by atoms with Crippen molar-refractivity contribution in [2.75, 3.05) is 13.2 Å². The first-order valence-electron chi connectivity index (χ1n) is 6.91. The van der Waals surface area contributed by atoms with Crippen molar-refractivity contribution >= 4 is 5.97 Å². The maximum atomic E-state index is 10.6. The standard InChI is InChI=1S/C15H21NO3/c17-15(18)11-12-4-6-14(7-5-12)19-10-8-13-3-1-2-9-16-13/h4-7,13,16H,1-3,8-11H2,(H,17,18). The van der Waals surface area contributed by atoms with E-state index in [0.29, 0.717) is 12.6 Å². The summed E-state index contributed by atoms with van der Waals surface area (Å²) in [6, 6.07) is 7.88. The van der Waals surface area contributed by atoms with Crippen LogP contribution in [0.3, 0.4) is 0 Å². The molecule has 1 saturated heterocycles. The summed E-state index contributed by atoms with van der Waals surface area (Å²) in [4.78, 5) is 10.6. The zero-order valence-electron chi connectivity index (χ0n) is 11.1. The predicted octanol–water partition coefficient (Wildman–Crippen LogP) is 2.22. The fourth-order valence-electron chi connectivity index (χ4n) is 2.37. The summed E-state index contributed by atoms with van der Waals surface area (Å²) in [5, 5.41) is 12.2. The Morgan fingerprint density at radius 1 is 1.32 bits per heavy atom. The van der Waals surface area contributed by atoms with Crippen LogP contribution in [0, 0.1) is 0 Å². The fourth-order valence-corrected chi connectivity index (χ4v) is 2.37. The molecule has 0 saturated carbocycles. The van der Waals surface area contributed by atoms with Gasteiger partial charge in [0.05, 0.1) is 13.0 Å². The van der Waals surface area contributed by atoms with Gasteiger partial charge in [0.25, 0.3) is 0 Å². The molecule has 19 heavy (non-hydrogen) atoms. The second-order valence-electron chi connectivity index (χ2n) is 5.00. The first-order valence-corrected chi connectivity index (χ1v) is 6.91. The van der Waals surface area contributed by atoms with E-state index in [1.54, 1.807) is 0 Å². The maximum Gasteiger partial charge on any atom is 0.307 e. The number of aliphatic carboxylic acids is 1. The van der Waals surface area contributed by atoms with Crippen LogP contribution in [0.5, 0.6) is 5.75 Å². The van der Waals surface area contributed by atoms with Crippen LogP contribution in [-0.4, -0.2) is 30.3 Å². The van der Waals surface area contributed by atoms with Gasteiger partial charge in [-0.15, -0.1) is 0 Å². The molecule has 2 N–H and O–H groups in total. The number of hydrogen-bond acceptors (Lipinski definition) is 3. The number of carboxylic acids is 1. The Kier molecular flexibility index (Phi) is 5.21. The highest BCUT2D eigenvalue weighted by atomic mass is 16.5. The molecule has 4 nitrogen and oxygen atoms in total. The SMILES string of the molecule is O=C(O)Cc1ccc(OCCC2CCCCN2)cc1. The van der Waals surface area contributed by atoms with Crippen LogP contribution in [0.1, 0.15) is 31.2 Å². The third kappa shape index (κ3) is 4.91. The van der Waals surface area contributed by atoms with Gasteiger partial charge in [-0.1, -0.05) is 18.6 Å². The van der Waals surface area contributed by atoms with Gasteiger partial charge < -0.3 is 15.2 Å². The van der Waals surface area contributed by atoms with Gasteiger partial charge in [0.2, 0.25) is 0 Å². The molecule has 0 aromatic heterocycles. The van der Waals surface area contributed by atoms with Crippen LogP contribution in [0.4, 0.5) is 0 Å². The molecule has 1 aliphatic rings. The highest BCUT2D eigenvalue weighted by molar-refractivity contribution is 5.70. The summed E-state index contributed by atoms with van der Waals surface area (Å²) in [6.45, 7) is 1.82. The van der Waals surface area contributed by atoms with Crippen molar-refractivity contribution in [3.05, 3.63) is 29.8 Å². The molecule has 2 rings (SSSR count). The number of nitrogens with one attached hydrogen (secondary N) is 1. The summed E-state index contributed by atoms with van der Waals surface area (Å²) < 4.78 is 5.68. The van der Waals surface area contributed by atoms with Gasteiger partial charge >= 0.3 is 5.97 Å². The van der Waals surface area contributed by atoms with Crippen molar-refractivity contribution in [3.8, 4) is 5.75 Å². The fraction of sp³-hybridized carbons (Fsp3) is 0.533. The molecule has 4 heteroatoms. The number of rotatable bonds is 6. The predicted molar refractivity (Wildman–Crippen MR) is 73.5 cm³/mol. The van der Waals surface area contributed by atoms with Gasteiger partial charge in [-0.05, 0) is 43.5 Å². The quantitative estimate of drug-likeness (QED) is 0.826. The maximum absolute atomic E-state index is 10.6. The summed E-state index contributed by atoms with van der Waals surface area (Å²) in [5.41, 5.74) is 0.800. The van der Waals surface area contributed by atoms with E-state index in [1.165, 1.54) is 19.3 Å². The third-order valence-corrected chi connectivity index (χ3v) is 3.43. The van der Waals surface area contributed by atoms with Crippen molar-refractivity contribution in [3.63, 3.8) is 0 Å². The van der Waals surface area contributed by atoms with Crippen molar-refractivity contribution in [2.24, 2.45) is 0 Å². The second kappa shape index (κ2) is 7.14. The van der Waals surface area contributed by atoms with Crippen molar-refractivity contribution in [1.82, 2.24) is 5.32 Å². The smallest absolute Gasteiger partial charge is 0.307 e. The minimum Gasteiger partial charge on any atom is -0.494 e. The lowest BCUT2D eigenvalue weighted by molar-refractivity contribution is -0.136. The summed E-state index contributed by atoms with van der Waals surface area (Å²) in [7, 11) is 0. The number of carboxylic acid groups (broad SMARTS) is 1. The normalized spacial score (nSPS) is 19.1. The Morgan fingerprint density at radius 3 is 2.74 bits per heavy atom. The Morgan fingerprint density at radius 2 is 2.11 bits per heavy atom. The lowest BCUT2D eigenvalue weighted by atomic mass is 10.0. The van der Waals surface area contributed by atoms with E-state index in [0.717, 1.165) is 24.3 Å². The average Bonchev–Trinajstić information content (AvgIpc) is 2.41. The Bertz CT molecular complexity index is 396. The van der Waals surface area contributed by atoms with Crippen LogP contribution in [-0.2, 0) is 11.2 Å². The van der Waals surface area contributed by atoms with Crippen LogP contribution in [0.25, 0.3) is 0 Å². The van der Waals surface area contributed by atoms with Crippen molar-refractivity contribution in [2.45, 2.75) is 38.1 Å². The molecule has 1 aromatic carbocycles. The third-order valence-electron chi connectivity index (χ3n) is 3.43. The first kappa shape index (κ1) is 13.9. The molecule has 1 aliphatic heterocycles. The number of ether oxygens (including phenoxy) is 1. The molecular weight excluding hydrogens is 242 g/mol. The van der Waals surface area contributed by atoms with Gasteiger partial charge in [-0.25, -0.2) is 0 Å². The van der Waals surface area contributed by atoms with E-state index in [1.807, 2.05) is 24.3 Å². The van der Waals surface area contributed by atoms with E-state index in [2.05, 4.69) is 5.32 Å². The van der Waals surface area contributed by atoms with E-state index < -0.39 is 5.97 Å². The minimum absolute atomic E-state index is 0.0618. The van der Waals surface area contributed by atoms with Gasteiger partial charge in [0.1, 0.15) is 5.75 Å². The number of piperidine rings is 1. The van der Waals surface area contributed by atoms with E-state index in [9.17, 15) is 4.79 Å². The van der Waals surface area contributed by atoms with E-state index in [-0.39, 0.29) is 6.42 Å². The zero-order valence-corrected chi connectivity index (χ0v) is 11.1. The monoisotopic (exact) mass is 263 g/mol. The van der Waals surface area contributed by atoms with E-state index >= 15 is 0 Å². The van der Waals surface area contributed by atoms with E-state index in [4.69, 9.17) is 9.84 Å². The van der Waals surface area contributed by atoms with Crippen LogP contribution >= 0.6 is 0 Å². The Balaban J connectivity index is 1.71. The highest BCUT2D eigenvalue weighted by Crippen LogP contribution is 2.15. The lowest BCUT2D eigenvalue weighted by Crippen LogP contribution is -2.35. The molecule has 1 fully saturated rings. The van der Waals surface area contributed by atoms with Crippen LogP contribution in [0.15, 0.2) is 24.3 Å². The molecular formula is C15H21NO3. The molecule has 104 valence electrons. The largest absolute Gasteiger partial charge is 0.494 e. The van der Waals surface area contributed by atoms with Gasteiger partial charge in [0, 0.05) is 6.04 Å². The highest BCUT2D eigenvalue weighted by Gasteiger charge is 2.12. The molecule has 1 heterocycles. The number of hydrogen-bond donors (Lipinski definition) is 2. The van der Waals surface area contributed by atoms with Crippen LogP contribution < -0.4 is 10.1 Å². The first-order chi connectivity index (χ1) is 9.24. The lowest BCUT2D eigenvalue weighted by Gasteiger charge is -2.23. The molecule has 1 unspecified atom stereocenters. The molecule has 0 radical (unpaired) electrons. The topological polar surface area (TPSA) is 58.6 Å². The minimum atomic E-state index is -0.808. The van der Waals surface area contributed by atoms with Crippen molar-refractivity contribution < 1.29 is 14.6 Å².